The third-order valence-corrected chi connectivity index (χ3v) is 4.23. The minimum absolute atomic E-state index is 0.0938. The molecule has 120 valence electrons. The summed E-state index contributed by atoms with van der Waals surface area (Å²) in [5.74, 6) is 0.191. The third-order valence-electron chi connectivity index (χ3n) is 4.23. The number of amides is 2. The Hall–Kier alpha value is -1.14. The van der Waals surface area contributed by atoms with Gasteiger partial charge in [-0.25, -0.2) is 0 Å². The second-order valence-corrected chi connectivity index (χ2v) is 6.05. The smallest absolute Gasteiger partial charge is 0.245 e. The molecule has 2 fully saturated rings. The zero-order valence-corrected chi connectivity index (χ0v) is 12.9. The summed E-state index contributed by atoms with van der Waals surface area (Å²) < 4.78 is 5.28. The van der Waals surface area contributed by atoms with Crippen LogP contribution in [0, 0.1) is 0 Å². The predicted molar refractivity (Wildman–Crippen MR) is 79.6 cm³/mol. The summed E-state index contributed by atoms with van der Waals surface area (Å²) in [5.41, 5.74) is 5.71. The minimum atomic E-state index is -0.258. The van der Waals surface area contributed by atoms with Crippen LogP contribution in [0.1, 0.15) is 39.0 Å². The van der Waals surface area contributed by atoms with Gasteiger partial charge in [-0.1, -0.05) is 0 Å². The fourth-order valence-electron chi connectivity index (χ4n) is 3.04. The summed E-state index contributed by atoms with van der Waals surface area (Å²) in [7, 11) is 0. The highest BCUT2D eigenvalue weighted by Crippen LogP contribution is 2.21. The lowest BCUT2D eigenvalue weighted by atomic mass is 10.1. The molecule has 0 spiro atoms. The van der Waals surface area contributed by atoms with E-state index in [2.05, 4.69) is 0 Å². The Labute approximate surface area is 126 Å². The molecule has 0 aromatic carbocycles. The summed E-state index contributed by atoms with van der Waals surface area (Å²) in [6.45, 7) is 5.13. The molecule has 2 saturated heterocycles. The van der Waals surface area contributed by atoms with Crippen molar-refractivity contribution < 1.29 is 14.3 Å². The van der Waals surface area contributed by atoms with Crippen LogP contribution in [0.15, 0.2) is 0 Å². The average Bonchev–Trinajstić information content (AvgIpc) is 2.96. The Morgan fingerprint density at radius 3 is 2.67 bits per heavy atom. The van der Waals surface area contributed by atoms with E-state index in [1.54, 1.807) is 4.90 Å². The monoisotopic (exact) mass is 297 g/mol. The normalized spacial score (nSPS) is 24.2. The number of hydrogen-bond donors (Lipinski definition) is 1. The van der Waals surface area contributed by atoms with Crippen LogP contribution in [0.25, 0.3) is 0 Å². The Morgan fingerprint density at radius 2 is 2.00 bits per heavy atom. The number of carbonyl (C=O) groups is 2. The van der Waals surface area contributed by atoms with Gasteiger partial charge >= 0.3 is 0 Å². The largest absolute Gasteiger partial charge is 0.378 e. The molecule has 2 aliphatic rings. The van der Waals surface area contributed by atoms with Gasteiger partial charge in [-0.2, -0.15) is 0 Å². The fourth-order valence-corrected chi connectivity index (χ4v) is 3.04. The summed E-state index contributed by atoms with van der Waals surface area (Å²) >= 11 is 0. The lowest BCUT2D eigenvalue weighted by molar-refractivity contribution is -0.146. The molecule has 2 atom stereocenters. The maximum atomic E-state index is 12.6. The zero-order valence-electron chi connectivity index (χ0n) is 12.9. The van der Waals surface area contributed by atoms with Crippen LogP contribution in [-0.2, 0) is 14.3 Å². The molecule has 0 bridgehead atoms. The van der Waals surface area contributed by atoms with Crippen molar-refractivity contribution in [3.8, 4) is 0 Å². The maximum Gasteiger partial charge on any atom is 0.245 e. The molecule has 0 aliphatic carbocycles. The number of likely N-dealkylation sites (tertiary alicyclic amines) is 1. The Balaban J connectivity index is 1.86. The van der Waals surface area contributed by atoms with Crippen LogP contribution >= 0.6 is 0 Å². The molecular formula is C15H27N3O3. The van der Waals surface area contributed by atoms with Crippen molar-refractivity contribution in [3.05, 3.63) is 0 Å². The number of hydrogen-bond acceptors (Lipinski definition) is 4. The highest BCUT2D eigenvalue weighted by atomic mass is 16.5. The molecule has 0 aromatic rings. The van der Waals surface area contributed by atoms with E-state index in [1.807, 2.05) is 11.8 Å². The molecule has 2 rings (SSSR count). The predicted octanol–water partition coefficient (Wildman–Crippen LogP) is 0.354. The second-order valence-electron chi connectivity index (χ2n) is 6.05. The molecule has 0 aromatic heterocycles. The summed E-state index contributed by atoms with van der Waals surface area (Å²) in [6, 6.07) is -0.131. The Morgan fingerprint density at radius 1 is 1.29 bits per heavy atom. The summed E-state index contributed by atoms with van der Waals surface area (Å²) in [6.07, 6.45) is 3.84. The Kier molecular flexibility index (Phi) is 5.99. The maximum absolute atomic E-state index is 12.6. The van der Waals surface area contributed by atoms with E-state index in [9.17, 15) is 9.59 Å². The molecule has 2 aliphatic heterocycles. The molecule has 6 heteroatoms. The van der Waals surface area contributed by atoms with Crippen LogP contribution in [0.4, 0.5) is 0 Å². The molecular weight excluding hydrogens is 270 g/mol. The van der Waals surface area contributed by atoms with Crippen LogP contribution in [0.5, 0.6) is 0 Å². The standard InChI is InChI=1S/C15H27N3O3/c1-12(16)4-2-6-14(19)18-7-3-5-13(18)15(20)17-8-10-21-11-9-17/h12-13H,2-11,16H2,1H3. The van der Waals surface area contributed by atoms with Crippen LogP contribution < -0.4 is 5.73 Å². The molecule has 0 radical (unpaired) electrons. The highest BCUT2D eigenvalue weighted by Gasteiger charge is 2.36. The van der Waals surface area contributed by atoms with E-state index >= 15 is 0 Å². The van der Waals surface area contributed by atoms with Gasteiger partial charge < -0.3 is 20.3 Å². The fraction of sp³-hybridized carbons (Fsp3) is 0.867. The van der Waals surface area contributed by atoms with Crippen LogP contribution in [0.2, 0.25) is 0 Å². The summed E-state index contributed by atoms with van der Waals surface area (Å²) in [5, 5.41) is 0. The number of rotatable bonds is 5. The zero-order chi connectivity index (χ0) is 15.2. The van der Waals surface area contributed by atoms with Crippen molar-refractivity contribution >= 4 is 11.8 Å². The first kappa shape index (κ1) is 16.2. The van der Waals surface area contributed by atoms with E-state index in [0.717, 1.165) is 25.7 Å². The van der Waals surface area contributed by atoms with E-state index in [-0.39, 0.29) is 23.9 Å². The van der Waals surface area contributed by atoms with Crippen molar-refractivity contribution in [2.24, 2.45) is 5.73 Å². The molecule has 21 heavy (non-hydrogen) atoms. The van der Waals surface area contributed by atoms with Gasteiger partial charge in [-0.05, 0) is 32.6 Å². The van der Waals surface area contributed by atoms with Gasteiger partial charge in [0.25, 0.3) is 0 Å². The van der Waals surface area contributed by atoms with Gasteiger partial charge in [-0.15, -0.1) is 0 Å². The lowest BCUT2D eigenvalue weighted by Gasteiger charge is -2.32. The van der Waals surface area contributed by atoms with Crippen molar-refractivity contribution in [2.75, 3.05) is 32.8 Å². The van der Waals surface area contributed by atoms with Crippen molar-refractivity contribution in [1.82, 2.24) is 9.80 Å². The number of nitrogens with two attached hydrogens (primary N) is 1. The van der Waals surface area contributed by atoms with Crippen LogP contribution in [-0.4, -0.2) is 66.5 Å². The minimum Gasteiger partial charge on any atom is -0.378 e. The number of morpholine rings is 1. The lowest BCUT2D eigenvalue weighted by Crippen LogP contribution is -2.51. The summed E-state index contributed by atoms with van der Waals surface area (Å²) in [4.78, 5) is 28.5. The van der Waals surface area contributed by atoms with E-state index < -0.39 is 0 Å². The molecule has 2 N–H and O–H groups in total. The van der Waals surface area contributed by atoms with Crippen LogP contribution in [0.3, 0.4) is 0 Å². The van der Waals surface area contributed by atoms with Gasteiger partial charge in [0.2, 0.25) is 11.8 Å². The first-order valence-electron chi connectivity index (χ1n) is 8.01. The number of ether oxygens (including phenoxy) is 1. The Bertz CT molecular complexity index is 367. The van der Waals surface area contributed by atoms with Crippen molar-refractivity contribution in [3.63, 3.8) is 0 Å². The topological polar surface area (TPSA) is 75.9 Å². The van der Waals surface area contributed by atoms with E-state index in [1.165, 1.54) is 0 Å². The highest BCUT2D eigenvalue weighted by molar-refractivity contribution is 5.88. The first-order valence-corrected chi connectivity index (χ1v) is 8.01. The number of nitrogens with zero attached hydrogens (tertiary/aromatic N) is 2. The van der Waals surface area contributed by atoms with Crippen molar-refractivity contribution in [1.29, 1.82) is 0 Å². The van der Waals surface area contributed by atoms with Gasteiger partial charge in [0.05, 0.1) is 13.2 Å². The third kappa shape index (κ3) is 4.41. The molecule has 2 heterocycles. The van der Waals surface area contributed by atoms with Gasteiger partial charge in [-0.3, -0.25) is 9.59 Å². The first-order chi connectivity index (χ1) is 10.1. The second kappa shape index (κ2) is 7.75. The van der Waals surface area contributed by atoms with Crippen molar-refractivity contribution in [2.45, 2.75) is 51.1 Å². The van der Waals surface area contributed by atoms with Gasteiger partial charge in [0.15, 0.2) is 0 Å². The average molecular weight is 297 g/mol. The SMILES string of the molecule is CC(N)CCCC(=O)N1CCCC1C(=O)N1CCOCC1. The van der Waals surface area contributed by atoms with E-state index in [4.69, 9.17) is 10.5 Å². The molecule has 6 nitrogen and oxygen atoms in total. The van der Waals surface area contributed by atoms with Gasteiger partial charge in [0, 0.05) is 32.1 Å². The quantitative estimate of drug-likeness (QED) is 0.794. The molecule has 2 unspecified atom stereocenters. The molecule has 2 amide bonds. The molecule has 0 saturated carbocycles. The van der Waals surface area contributed by atoms with E-state index in [0.29, 0.717) is 39.3 Å². The van der Waals surface area contributed by atoms with Gasteiger partial charge in [0.1, 0.15) is 6.04 Å². The number of carbonyl (C=O) groups excluding carboxylic acids is 2.